The Morgan fingerprint density at radius 1 is 1.26 bits per heavy atom. The molecule has 0 aromatic heterocycles. The van der Waals surface area contributed by atoms with Crippen LogP contribution in [-0.4, -0.2) is 52.6 Å². The molecule has 1 aliphatic carbocycles. The number of rotatable bonds is 5. The maximum absolute atomic E-state index is 14.4. The van der Waals surface area contributed by atoms with Gasteiger partial charge >= 0.3 is 0 Å². The van der Waals surface area contributed by atoms with E-state index in [-0.39, 0.29) is 5.56 Å². The summed E-state index contributed by atoms with van der Waals surface area (Å²) in [5, 5.41) is 8.67. The van der Waals surface area contributed by atoms with Crippen molar-refractivity contribution >= 4 is 5.91 Å². The molecular formula is C21H28FN3O2. The number of nitrogens with one attached hydrogen (secondary N) is 1. The number of piperazine rings is 1. The molecule has 1 fully saturated rings. The standard InChI is InChI=1S/C21H28FN3O2/c1-15-11-24(12-16(2)25(15)13-17-6-4-3-5-7-17)14-19-9-8-18(10-20(19)22)21(26)23-27/h3-4,6,8-10,15-16,27H,5,7,11-14H2,1-2H3,(H,23,26)/t15-,16+. The molecule has 2 aliphatic rings. The van der Waals surface area contributed by atoms with E-state index in [1.54, 1.807) is 6.07 Å². The topological polar surface area (TPSA) is 55.8 Å². The molecule has 27 heavy (non-hydrogen) atoms. The molecule has 6 heteroatoms. The molecule has 1 aromatic rings. The highest BCUT2D eigenvalue weighted by atomic mass is 19.1. The van der Waals surface area contributed by atoms with Gasteiger partial charge in [0.2, 0.25) is 0 Å². The number of benzene rings is 1. The lowest BCUT2D eigenvalue weighted by molar-refractivity contribution is 0.0410. The van der Waals surface area contributed by atoms with Gasteiger partial charge in [-0.15, -0.1) is 0 Å². The van der Waals surface area contributed by atoms with Crippen LogP contribution < -0.4 is 5.48 Å². The Morgan fingerprint density at radius 3 is 2.59 bits per heavy atom. The average molecular weight is 373 g/mol. The van der Waals surface area contributed by atoms with Gasteiger partial charge in [0.1, 0.15) is 5.82 Å². The van der Waals surface area contributed by atoms with E-state index >= 15 is 0 Å². The van der Waals surface area contributed by atoms with Crippen LogP contribution in [0.25, 0.3) is 0 Å². The largest absolute Gasteiger partial charge is 0.296 e. The fourth-order valence-corrected chi connectivity index (χ4v) is 4.05. The van der Waals surface area contributed by atoms with Gasteiger partial charge in [-0.1, -0.05) is 29.9 Å². The predicted octanol–water partition coefficient (Wildman–Crippen LogP) is 3.12. The SMILES string of the molecule is C[C@@H]1CN(Cc2ccc(C(=O)NO)cc2F)C[C@H](C)N1CC1=CC=CCC1. The van der Waals surface area contributed by atoms with E-state index in [9.17, 15) is 9.18 Å². The van der Waals surface area contributed by atoms with Crippen LogP contribution in [0.1, 0.15) is 42.6 Å². The molecule has 2 N–H and O–H groups in total. The molecule has 3 rings (SSSR count). The second-order valence-corrected chi connectivity index (χ2v) is 7.60. The van der Waals surface area contributed by atoms with Crippen molar-refractivity contribution in [2.75, 3.05) is 19.6 Å². The number of hydrogen-bond donors (Lipinski definition) is 2. The molecule has 1 heterocycles. The third-order valence-electron chi connectivity index (χ3n) is 5.47. The minimum Gasteiger partial charge on any atom is -0.296 e. The Hall–Kier alpha value is -2.02. The van der Waals surface area contributed by atoms with Gasteiger partial charge in [0.05, 0.1) is 0 Å². The number of carbonyl (C=O) groups is 1. The molecule has 1 saturated heterocycles. The molecule has 2 atom stereocenters. The van der Waals surface area contributed by atoms with E-state index in [1.807, 2.05) is 0 Å². The van der Waals surface area contributed by atoms with E-state index < -0.39 is 11.7 Å². The quantitative estimate of drug-likeness (QED) is 0.615. The number of amides is 1. The highest BCUT2D eigenvalue weighted by molar-refractivity contribution is 5.93. The molecule has 1 aromatic carbocycles. The van der Waals surface area contributed by atoms with Gasteiger partial charge in [0, 0.05) is 49.4 Å². The van der Waals surface area contributed by atoms with Crippen molar-refractivity contribution < 1.29 is 14.4 Å². The maximum atomic E-state index is 14.4. The third-order valence-corrected chi connectivity index (χ3v) is 5.47. The number of carbonyl (C=O) groups excluding carboxylic acids is 1. The molecule has 0 saturated carbocycles. The molecule has 0 unspecified atom stereocenters. The van der Waals surface area contributed by atoms with Crippen LogP contribution in [0, 0.1) is 5.82 Å². The second kappa shape index (κ2) is 8.78. The first kappa shape index (κ1) is 19.7. The van der Waals surface area contributed by atoms with Crippen molar-refractivity contribution in [3.8, 4) is 0 Å². The number of hydrogen-bond acceptors (Lipinski definition) is 4. The van der Waals surface area contributed by atoms with Crippen molar-refractivity contribution in [3.05, 3.63) is 58.9 Å². The predicted molar refractivity (Wildman–Crippen MR) is 103 cm³/mol. The van der Waals surface area contributed by atoms with E-state index in [4.69, 9.17) is 5.21 Å². The molecule has 0 spiro atoms. The van der Waals surface area contributed by atoms with Gasteiger partial charge < -0.3 is 0 Å². The summed E-state index contributed by atoms with van der Waals surface area (Å²) < 4.78 is 14.4. The van der Waals surface area contributed by atoms with Crippen molar-refractivity contribution in [2.45, 2.75) is 45.3 Å². The lowest BCUT2D eigenvalue weighted by Gasteiger charge is -2.45. The summed E-state index contributed by atoms with van der Waals surface area (Å²) in [4.78, 5) is 16.2. The Balaban J connectivity index is 1.62. The van der Waals surface area contributed by atoms with Gasteiger partial charge in [-0.05, 0) is 38.8 Å². The maximum Gasteiger partial charge on any atom is 0.274 e. The summed E-state index contributed by atoms with van der Waals surface area (Å²) in [6.45, 7) is 7.73. The van der Waals surface area contributed by atoms with Crippen LogP contribution in [0.4, 0.5) is 4.39 Å². The zero-order valence-corrected chi connectivity index (χ0v) is 16.0. The first-order valence-electron chi connectivity index (χ1n) is 9.53. The monoisotopic (exact) mass is 373 g/mol. The fraction of sp³-hybridized carbons (Fsp3) is 0.476. The minimum absolute atomic E-state index is 0.111. The van der Waals surface area contributed by atoms with E-state index in [0.717, 1.165) is 32.5 Å². The van der Waals surface area contributed by atoms with Crippen molar-refractivity contribution in [1.82, 2.24) is 15.3 Å². The number of nitrogens with zero attached hydrogens (tertiary/aromatic N) is 2. The minimum atomic E-state index is -0.705. The van der Waals surface area contributed by atoms with Gasteiger partial charge in [-0.25, -0.2) is 9.87 Å². The van der Waals surface area contributed by atoms with Gasteiger partial charge in [0.15, 0.2) is 0 Å². The Labute approximate surface area is 160 Å². The lowest BCUT2D eigenvalue weighted by Crippen LogP contribution is -2.56. The highest BCUT2D eigenvalue weighted by Crippen LogP contribution is 2.23. The number of allylic oxidation sites excluding steroid dienone is 3. The van der Waals surface area contributed by atoms with Crippen LogP contribution in [0.3, 0.4) is 0 Å². The van der Waals surface area contributed by atoms with Gasteiger partial charge in [-0.3, -0.25) is 19.8 Å². The zero-order chi connectivity index (χ0) is 19.4. The summed E-state index contributed by atoms with van der Waals surface area (Å²) >= 11 is 0. The van der Waals surface area contributed by atoms with Gasteiger partial charge in [0.25, 0.3) is 5.91 Å². The first-order valence-corrected chi connectivity index (χ1v) is 9.53. The van der Waals surface area contributed by atoms with Crippen LogP contribution in [0.2, 0.25) is 0 Å². The molecule has 1 aliphatic heterocycles. The summed E-state index contributed by atoms with van der Waals surface area (Å²) in [7, 11) is 0. The smallest absolute Gasteiger partial charge is 0.274 e. The van der Waals surface area contributed by atoms with Crippen molar-refractivity contribution in [1.29, 1.82) is 0 Å². The van der Waals surface area contributed by atoms with E-state index in [0.29, 0.717) is 24.2 Å². The first-order chi connectivity index (χ1) is 13.0. The molecule has 0 radical (unpaired) electrons. The summed E-state index contributed by atoms with van der Waals surface area (Å²) in [5.41, 5.74) is 3.69. The Morgan fingerprint density at radius 2 is 2.00 bits per heavy atom. The van der Waals surface area contributed by atoms with Crippen LogP contribution in [0.5, 0.6) is 0 Å². The van der Waals surface area contributed by atoms with Crippen molar-refractivity contribution in [3.63, 3.8) is 0 Å². The summed E-state index contributed by atoms with van der Waals surface area (Å²) in [6.07, 6.45) is 8.84. The molecular weight excluding hydrogens is 345 g/mol. The molecule has 1 amide bonds. The Bertz CT molecular complexity index is 735. The van der Waals surface area contributed by atoms with E-state index in [1.165, 1.54) is 23.2 Å². The second-order valence-electron chi connectivity index (χ2n) is 7.60. The van der Waals surface area contributed by atoms with Crippen LogP contribution in [-0.2, 0) is 6.54 Å². The van der Waals surface area contributed by atoms with E-state index in [2.05, 4.69) is 41.9 Å². The summed E-state index contributed by atoms with van der Waals surface area (Å²) in [5.74, 6) is -1.12. The molecule has 0 bridgehead atoms. The average Bonchev–Trinajstić information content (AvgIpc) is 2.66. The number of hydroxylamine groups is 1. The molecule has 146 valence electrons. The molecule has 5 nitrogen and oxygen atoms in total. The lowest BCUT2D eigenvalue weighted by atomic mass is 10.0. The van der Waals surface area contributed by atoms with Crippen LogP contribution in [0.15, 0.2) is 42.0 Å². The van der Waals surface area contributed by atoms with Crippen molar-refractivity contribution in [2.24, 2.45) is 0 Å². The Kier molecular flexibility index (Phi) is 6.42. The highest BCUT2D eigenvalue weighted by Gasteiger charge is 2.30. The van der Waals surface area contributed by atoms with Crippen LogP contribution >= 0.6 is 0 Å². The zero-order valence-electron chi connectivity index (χ0n) is 16.0. The number of halogens is 1. The van der Waals surface area contributed by atoms with Gasteiger partial charge in [-0.2, -0.15) is 0 Å². The summed E-state index contributed by atoms with van der Waals surface area (Å²) in [6, 6.07) is 5.12. The normalized spacial score (nSPS) is 23.9. The third kappa shape index (κ3) is 4.83. The fourth-order valence-electron chi connectivity index (χ4n) is 4.05.